The molecule has 5 heteroatoms. The van der Waals surface area contributed by atoms with E-state index >= 15 is 0 Å². The van der Waals surface area contributed by atoms with Crippen LogP contribution in [0.2, 0.25) is 0 Å². The molecule has 4 nitrogen and oxygen atoms in total. The van der Waals surface area contributed by atoms with Crippen LogP contribution in [0, 0.1) is 3.57 Å². The Balaban J connectivity index is 1.64. The van der Waals surface area contributed by atoms with Crippen molar-refractivity contribution in [1.82, 2.24) is 5.32 Å². The number of ether oxygens (including phenoxy) is 2. The van der Waals surface area contributed by atoms with Gasteiger partial charge in [-0.1, -0.05) is 48.5 Å². The number of carbonyl (C=O) groups is 1. The summed E-state index contributed by atoms with van der Waals surface area (Å²) in [6.45, 7) is 1.09. The monoisotopic (exact) mass is 485 g/mol. The van der Waals surface area contributed by atoms with Crippen LogP contribution >= 0.6 is 22.6 Å². The van der Waals surface area contributed by atoms with E-state index in [-0.39, 0.29) is 11.9 Å². The number of nitrogens with one attached hydrogen (secondary N) is 1. The van der Waals surface area contributed by atoms with Crippen molar-refractivity contribution in [3.63, 3.8) is 0 Å². The van der Waals surface area contributed by atoms with Crippen LogP contribution in [0.4, 0.5) is 0 Å². The molecule has 0 aromatic heterocycles. The number of rotatable bonds is 5. The molecule has 1 heterocycles. The number of halogens is 1. The lowest BCUT2D eigenvalue weighted by atomic mass is 9.97. The van der Waals surface area contributed by atoms with Crippen molar-refractivity contribution in [3.05, 3.63) is 93.1 Å². The zero-order valence-electron chi connectivity index (χ0n) is 15.2. The Kier molecular flexibility index (Phi) is 5.81. The van der Waals surface area contributed by atoms with Gasteiger partial charge in [0.1, 0.15) is 13.2 Å². The summed E-state index contributed by atoms with van der Waals surface area (Å²) in [7, 11) is 0. The van der Waals surface area contributed by atoms with Crippen LogP contribution in [-0.4, -0.2) is 19.1 Å². The molecule has 0 fully saturated rings. The van der Waals surface area contributed by atoms with E-state index in [4.69, 9.17) is 9.47 Å². The minimum atomic E-state index is -0.179. The molecule has 3 aromatic carbocycles. The van der Waals surface area contributed by atoms with Gasteiger partial charge in [-0.2, -0.15) is 0 Å². The molecule has 1 aliphatic heterocycles. The highest BCUT2D eigenvalue weighted by Crippen LogP contribution is 2.33. The average Bonchev–Trinajstić information content (AvgIpc) is 2.74. The van der Waals surface area contributed by atoms with Crippen molar-refractivity contribution in [1.29, 1.82) is 0 Å². The zero-order chi connectivity index (χ0) is 19.3. The Morgan fingerprint density at radius 2 is 1.64 bits per heavy atom. The van der Waals surface area contributed by atoms with Gasteiger partial charge in [-0.15, -0.1) is 0 Å². The van der Waals surface area contributed by atoms with Crippen LogP contribution in [0.3, 0.4) is 0 Å². The van der Waals surface area contributed by atoms with E-state index in [1.807, 2.05) is 60.7 Å². The first-order chi connectivity index (χ1) is 13.7. The van der Waals surface area contributed by atoms with Gasteiger partial charge in [0.15, 0.2) is 11.5 Å². The third-order valence-corrected chi connectivity index (χ3v) is 5.62. The number of benzene rings is 3. The van der Waals surface area contributed by atoms with Crippen molar-refractivity contribution in [2.45, 2.75) is 12.5 Å². The molecule has 0 aliphatic carbocycles. The van der Waals surface area contributed by atoms with E-state index in [1.54, 1.807) is 0 Å². The highest BCUT2D eigenvalue weighted by molar-refractivity contribution is 14.1. The summed E-state index contributed by atoms with van der Waals surface area (Å²) in [5, 5.41) is 3.21. The maximum Gasteiger partial charge on any atom is 0.252 e. The first-order valence-electron chi connectivity index (χ1n) is 9.19. The van der Waals surface area contributed by atoms with Gasteiger partial charge in [-0.25, -0.2) is 0 Å². The van der Waals surface area contributed by atoms with Crippen molar-refractivity contribution in [2.75, 3.05) is 13.2 Å². The second-order valence-corrected chi connectivity index (χ2v) is 7.76. The third kappa shape index (κ3) is 4.30. The normalized spacial score (nSPS) is 13.6. The van der Waals surface area contributed by atoms with E-state index in [0.717, 1.165) is 26.2 Å². The molecule has 28 heavy (non-hydrogen) atoms. The molecule has 1 N–H and O–H groups in total. The Morgan fingerprint density at radius 1 is 0.929 bits per heavy atom. The standard InChI is InChI=1S/C23H20INO3/c24-19-9-5-4-8-18(19)23(26)25-20(14-16-6-2-1-3-7-16)17-10-11-21-22(15-17)28-13-12-27-21/h1-11,15,20H,12-14H2,(H,25,26). The molecular weight excluding hydrogens is 465 g/mol. The summed E-state index contributed by atoms with van der Waals surface area (Å²) in [5.41, 5.74) is 2.83. The Bertz CT molecular complexity index is 975. The minimum absolute atomic E-state index is 0.0826. The van der Waals surface area contributed by atoms with E-state index in [0.29, 0.717) is 25.2 Å². The fraction of sp³-hybridized carbons (Fsp3) is 0.174. The van der Waals surface area contributed by atoms with Crippen LogP contribution in [0.1, 0.15) is 27.5 Å². The van der Waals surface area contributed by atoms with Gasteiger partial charge in [0.05, 0.1) is 11.6 Å². The fourth-order valence-corrected chi connectivity index (χ4v) is 3.89. The second-order valence-electron chi connectivity index (χ2n) is 6.60. The van der Waals surface area contributed by atoms with E-state index in [2.05, 4.69) is 40.0 Å². The molecule has 0 saturated heterocycles. The smallest absolute Gasteiger partial charge is 0.252 e. The SMILES string of the molecule is O=C(NC(Cc1ccccc1)c1ccc2c(c1)OCCO2)c1ccccc1I. The Morgan fingerprint density at radius 3 is 2.43 bits per heavy atom. The van der Waals surface area contributed by atoms with Crippen LogP contribution in [-0.2, 0) is 6.42 Å². The molecule has 142 valence electrons. The van der Waals surface area contributed by atoms with Gasteiger partial charge < -0.3 is 14.8 Å². The molecule has 1 amide bonds. The van der Waals surface area contributed by atoms with Gasteiger partial charge in [-0.05, 0) is 64.4 Å². The van der Waals surface area contributed by atoms with Crippen LogP contribution < -0.4 is 14.8 Å². The fourth-order valence-electron chi connectivity index (χ4n) is 3.26. The van der Waals surface area contributed by atoms with Crippen LogP contribution in [0.25, 0.3) is 0 Å². The summed E-state index contributed by atoms with van der Waals surface area (Å²) >= 11 is 2.19. The predicted octanol–water partition coefficient (Wildman–Crippen LogP) is 4.78. The van der Waals surface area contributed by atoms with Crippen molar-refractivity contribution in [3.8, 4) is 11.5 Å². The minimum Gasteiger partial charge on any atom is -0.486 e. The van der Waals surface area contributed by atoms with E-state index < -0.39 is 0 Å². The summed E-state index contributed by atoms with van der Waals surface area (Å²) in [4.78, 5) is 13.0. The van der Waals surface area contributed by atoms with Gasteiger partial charge in [0, 0.05) is 3.57 Å². The number of fused-ring (bicyclic) bond motifs is 1. The maximum absolute atomic E-state index is 13.0. The Hall–Kier alpha value is -2.54. The van der Waals surface area contributed by atoms with Crippen molar-refractivity contribution >= 4 is 28.5 Å². The molecule has 0 radical (unpaired) electrons. The average molecular weight is 485 g/mol. The molecule has 1 aliphatic rings. The molecule has 1 unspecified atom stereocenters. The predicted molar refractivity (Wildman–Crippen MR) is 117 cm³/mol. The van der Waals surface area contributed by atoms with Crippen LogP contribution in [0.5, 0.6) is 11.5 Å². The van der Waals surface area contributed by atoms with Crippen molar-refractivity contribution in [2.24, 2.45) is 0 Å². The van der Waals surface area contributed by atoms with Gasteiger partial charge >= 0.3 is 0 Å². The van der Waals surface area contributed by atoms with Gasteiger partial charge in [0.25, 0.3) is 5.91 Å². The maximum atomic E-state index is 13.0. The second kappa shape index (κ2) is 8.65. The summed E-state index contributed by atoms with van der Waals surface area (Å²) < 4.78 is 12.3. The highest BCUT2D eigenvalue weighted by Gasteiger charge is 2.20. The summed E-state index contributed by atoms with van der Waals surface area (Å²) in [6.07, 6.45) is 0.690. The summed E-state index contributed by atoms with van der Waals surface area (Å²) in [5.74, 6) is 1.39. The molecule has 0 saturated carbocycles. The van der Waals surface area contributed by atoms with Gasteiger partial charge in [0.2, 0.25) is 0 Å². The quantitative estimate of drug-likeness (QED) is 0.530. The number of hydrogen-bond acceptors (Lipinski definition) is 3. The number of hydrogen-bond donors (Lipinski definition) is 1. The lowest BCUT2D eigenvalue weighted by Gasteiger charge is -2.23. The molecular formula is C23H20INO3. The number of amides is 1. The molecule has 3 aromatic rings. The molecule has 0 spiro atoms. The van der Waals surface area contributed by atoms with E-state index in [1.165, 1.54) is 0 Å². The first-order valence-corrected chi connectivity index (χ1v) is 10.3. The summed E-state index contributed by atoms with van der Waals surface area (Å²) in [6, 6.07) is 23.5. The largest absolute Gasteiger partial charge is 0.486 e. The lowest BCUT2D eigenvalue weighted by molar-refractivity contribution is 0.0935. The van der Waals surface area contributed by atoms with Crippen molar-refractivity contribution < 1.29 is 14.3 Å². The Labute approximate surface area is 178 Å². The third-order valence-electron chi connectivity index (χ3n) is 4.68. The van der Waals surface area contributed by atoms with Gasteiger partial charge in [-0.3, -0.25) is 4.79 Å². The molecule has 4 rings (SSSR count). The van der Waals surface area contributed by atoms with Crippen LogP contribution in [0.15, 0.2) is 72.8 Å². The lowest BCUT2D eigenvalue weighted by Crippen LogP contribution is -2.30. The first kappa shape index (κ1) is 18.8. The van der Waals surface area contributed by atoms with E-state index in [9.17, 15) is 4.79 Å². The molecule has 0 bridgehead atoms. The number of carbonyl (C=O) groups excluding carboxylic acids is 1. The molecule has 1 atom stereocenters. The zero-order valence-corrected chi connectivity index (χ0v) is 17.4. The highest BCUT2D eigenvalue weighted by atomic mass is 127. The topological polar surface area (TPSA) is 47.6 Å².